The summed E-state index contributed by atoms with van der Waals surface area (Å²) in [4.78, 5) is 18.7. The zero-order chi connectivity index (χ0) is 21.6. The van der Waals surface area contributed by atoms with Gasteiger partial charge in [-0.3, -0.25) is 9.52 Å². The van der Waals surface area contributed by atoms with Crippen molar-refractivity contribution in [2.45, 2.75) is 6.54 Å². The number of amides is 1. The molecule has 0 saturated carbocycles. The molecule has 30 heavy (non-hydrogen) atoms. The highest BCUT2D eigenvalue weighted by Crippen LogP contribution is 2.20. The summed E-state index contributed by atoms with van der Waals surface area (Å²) in [5, 5.41) is 2.68. The number of hydrogen-bond donors (Lipinski definition) is 2. The first-order valence-electron chi connectivity index (χ1n) is 9.32. The minimum absolute atomic E-state index is 0.0998. The second-order valence-electron chi connectivity index (χ2n) is 6.76. The molecule has 2 heterocycles. The van der Waals surface area contributed by atoms with Crippen LogP contribution in [0.5, 0.6) is 0 Å². The molecule has 2 aromatic rings. The van der Waals surface area contributed by atoms with E-state index >= 15 is 0 Å². The largest absolute Gasteiger partial charge is 0.378 e. The van der Waals surface area contributed by atoms with E-state index < -0.39 is 15.8 Å². The van der Waals surface area contributed by atoms with Gasteiger partial charge in [-0.25, -0.2) is 17.8 Å². The fourth-order valence-electron chi connectivity index (χ4n) is 2.94. The first-order valence-corrected chi connectivity index (χ1v) is 11.2. The third-order valence-corrected chi connectivity index (χ3v) is 4.93. The van der Waals surface area contributed by atoms with Gasteiger partial charge in [0.15, 0.2) is 0 Å². The Kier molecular flexibility index (Phi) is 7.01. The number of sulfonamides is 1. The number of pyridine rings is 1. The number of benzene rings is 1. The standard InChI is InChI=1S/C20H23FN4O4S/c1-30(27,28)24-18-6-4-15(13-17(18)21)14-23-19(26)7-5-16-3-2-8-22-20(16)25-9-11-29-12-10-25/h2-8,13,24H,9-12,14H2,1H3,(H,23,26)/b7-5+. The first-order chi connectivity index (χ1) is 14.3. The van der Waals surface area contributed by atoms with Crippen LogP contribution in [0.15, 0.2) is 42.6 Å². The number of halogens is 1. The zero-order valence-corrected chi connectivity index (χ0v) is 17.3. The van der Waals surface area contributed by atoms with Crippen LogP contribution in [0.4, 0.5) is 15.9 Å². The van der Waals surface area contributed by atoms with Crippen molar-refractivity contribution in [2.24, 2.45) is 0 Å². The summed E-state index contributed by atoms with van der Waals surface area (Å²) in [5.41, 5.74) is 1.18. The van der Waals surface area contributed by atoms with E-state index in [2.05, 4.69) is 19.9 Å². The van der Waals surface area contributed by atoms with Crippen molar-refractivity contribution in [3.05, 3.63) is 59.5 Å². The lowest BCUT2D eigenvalue weighted by Gasteiger charge is -2.28. The van der Waals surface area contributed by atoms with Gasteiger partial charge < -0.3 is 15.0 Å². The fraction of sp³-hybridized carbons (Fsp3) is 0.300. The van der Waals surface area contributed by atoms with Crippen LogP contribution in [0.25, 0.3) is 6.08 Å². The summed E-state index contributed by atoms with van der Waals surface area (Å²) in [5.74, 6) is -0.264. The van der Waals surface area contributed by atoms with E-state index in [0.717, 1.165) is 30.7 Å². The summed E-state index contributed by atoms with van der Waals surface area (Å²) in [7, 11) is -3.57. The molecular formula is C20H23FN4O4S. The Balaban J connectivity index is 1.60. The normalized spacial score (nSPS) is 14.7. The number of anilines is 2. The monoisotopic (exact) mass is 434 g/mol. The molecule has 3 rings (SSSR count). The molecule has 0 spiro atoms. The van der Waals surface area contributed by atoms with Gasteiger partial charge in [0.2, 0.25) is 15.9 Å². The van der Waals surface area contributed by atoms with E-state index in [4.69, 9.17) is 4.74 Å². The molecule has 1 aromatic carbocycles. The van der Waals surface area contributed by atoms with Crippen molar-refractivity contribution < 1.29 is 22.3 Å². The van der Waals surface area contributed by atoms with Crippen LogP contribution in [0.1, 0.15) is 11.1 Å². The maximum absolute atomic E-state index is 14.0. The average molecular weight is 434 g/mol. The number of hydrogen-bond acceptors (Lipinski definition) is 6. The molecule has 1 aliphatic rings. The molecule has 0 radical (unpaired) electrons. The highest BCUT2D eigenvalue weighted by molar-refractivity contribution is 7.92. The molecule has 0 aliphatic carbocycles. The topological polar surface area (TPSA) is 101 Å². The van der Waals surface area contributed by atoms with E-state index in [-0.39, 0.29) is 18.1 Å². The van der Waals surface area contributed by atoms with Gasteiger partial charge in [-0.15, -0.1) is 0 Å². The van der Waals surface area contributed by atoms with Crippen LogP contribution in [0, 0.1) is 5.82 Å². The Labute approximate surface area is 174 Å². The van der Waals surface area contributed by atoms with Crippen molar-refractivity contribution in [3.8, 4) is 0 Å². The lowest BCUT2D eigenvalue weighted by Crippen LogP contribution is -2.37. The van der Waals surface area contributed by atoms with Crippen LogP contribution in [0.3, 0.4) is 0 Å². The summed E-state index contributed by atoms with van der Waals surface area (Å²) >= 11 is 0. The Morgan fingerprint density at radius 2 is 2.07 bits per heavy atom. The highest BCUT2D eigenvalue weighted by atomic mass is 32.2. The molecule has 1 aromatic heterocycles. The molecule has 160 valence electrons. The number of morpholine rings is 1. The minimum atomic E-state index is -3.57. The summed E-state index contributed by atoms with van der Waals surface area (Å²) in [6.45, 7) is 2.84. The quantitative estimate of drug-likeness (QED) is 0.644. The van der Waals surface area contributed by atoms with Crippen LogP contribution in [-0.2, 0) is 26.1 Å². The van der Waals surface area contributed by atoms with Crippen molar-refractivity contribution in [1.29, 1.82) is 0 Å². The van der Waals surface area contributed by atoms with Crippen LogP contribution < -0.4 is 14.9 Å². The average Bonchev–Trinajstić information content (AvgIpc) is 2.72. The van der Waals surface area contributed by atoms with Crippen LogP contribution in [-0.4, -0.2) is 51.9 Å². The summed E-state index contributed by atoms with van der Waals surface area (Å²) in [6, 6.07) is 7.71. The molecule has 2 N–H and O–H groups in total. The number of carbonyl (C=O) groups excluding carboxylic acids is 1. The van der Waals surface area contributed by atoms with E-state index in [1.54, 1.807) is 18.3 Å². The number of rotatable bonds is 7. The van der Waals surface area contributed by atoms with E-state index in [0.29, 0.717) is 18.8 Å². The maximum Gasteiger partial charge on any atom is 0.244 e. The van der Waals surface area contributed by atoms with Crippen molar-refractivity contribution in [2.75, 3.05) is 42.2 Å². The molecular weight excluding hydrogens is 411 g/mol. The number of ether oxygens (including phenoxy) is 1. The van der Waals surface area contributed by atoms with E-state index in [1.807, 2.05) is 6.07 Å². The predicted octanol–water partition coefficient (Wildman–Crippen LogP) is 1.76. The van der Waals surface area contributed by atoms with Gasteiger partial charge in [-0.1, -0.05) is 6.07 Å². The molecule has 1 saturated heterocycles. The van der Waals surface area contributed by atoms with Crippen molar-refractivity contribution in [1.82, 2.24) is 10.3 Å². The predicted molar refractivity (Wildman–Crippen MR) is 113 cm³/mol. The van der Waals surface area contributed by atoms with Crippen molar-refractivity contribution >= 4 is 33.5 Å². The Morgan fingerprint density at radius 3 is 2.77 bits per heavy atom. The van der Waals surface area contributed by atoms with Gasteiger partial charge in [-0.05, 0) is 35.9 Å². The molecule has 1 aliphatic heterocycles. The zero-order valence-electron chi connectivity index (χ0n) is 16.5. The highest BCUT2D eigenvalue weighted by Gasteiger charge is 2.14. The smallest absolute Gasteiger partial charge is 0.244 e. The third kappa shape index (κ3) is 6.26. The lowest BCUT2D eigenvalue weighted by atomic mass is 10.2. The van der Waals surface area contributed by atoms with Gasteiger partial charge in [0, 0.05) is 37.5 Å². The van der Waals surface area contributed by atoms with Gasteiger partial charge in [0.25, 0.3) is 0 Å². The molecule has 8 nitrogen and oxygen atoms in total. The number of carbonyl (C=O) groups is 1. The number of aromatic nitrogens is 1. The molecule has 0 atom stereocenters. The van der Waals surface area contributed by atoms with Gasteiger partial charge in [0.1, 0.15) is 11.6 Å². The third-order valence-electron chi connectivity index (χ3n) is 4.34. The second-order valence-corrected chi connectivity index (χ2v) is 8.50. The van der Waals surface area contributed by atoms with Crippen molar-refractivity contribution in [3.63, 3.8) is 0 Å². The molecule has 0 bridgehead atoms. The Hall–Kier alpha value is -2.98. The molecule has 0 unspecified atom stereocenters. The lowest BCUT2D eigenvalue weighted by molar-refractivity contribution is -0.116. The second kappa shape index (κ2) is 9.68. The van der Waals surface area contributed by atoms with E-state index in [1.165, 1.54) is 24.3 Å². The molecule has 10 heteroatoms. The first kappa shape index (κ1) is 21.7. The molecule has 1 amide bonds. The van der Waals surface area contributed by atoms with Crippen LogP contribution >= 0.6 is 0 Å². The molecule has 1 fully saturated rings. The SMILES string of the molecule is CS(=O)(=O)Nc1ccc(CNC(=O)/C=C/c2cccnc2N2CCOCC2)cc1F. The van der Waals surface area contributed by atoms with Crippen LogP contribution in [0.2, 0.25) is 0 Å². The number of nitrogens with one attached hydrogen (secondary N) is 2. The number of nitrogens with zero attached hydrogens (tertiary/aromatic N) is 2. The van der Waals surface area contributed by atoms with E-state index in [9.17, 15) is 17.6 Å². The summed E-state index contributed by atoms with van der Waals surface area (Å²) in [6.07, 6.45) is 5.74. The van der Waals surface area contributed by atoms with Gasteiger partial charge in [-0.2, -0.15) is 0 Å². The Morgan fingerprint density at radius 1 is 1.30 bits per heavy atom. The Bertz CT molecular complexity index is 1040. The minimum Gasteiger partial charge on any atom is -0.378 e. The fourth-order valence-corrected chi connectivity index (χ4v) is 3.51. The summed E-state index contributed by atoms with van der Waals surface area (Å²) < 4.78 is 43.9. The maximum atomic E-state index is 14.0. The van der Waals surface area contributed by atoms with Gasteiger partial charge >= 0.3 is 0 Å². The van der Waals surface area contributed by atoms with Gasteiger partial charge in [0.05, 0.1) is 25.2 Å².